The Hall–Kier alpha value is -1.42. The molecule has 0 saturated heterocycles. The monoisotopic (exact) mass is 227 g/mol. The number of hydrogen-bond acceptors (Lipinski definition) is 2. The highest BCUT2D eigenvalue weighted by Crippen LogP contribution is 2.23. The number of halogens is 2. The van der Waals surface area contributed by atoms with Crippen LogP contribution in [-0.4, -0.2) is 13.2 Å². The van der Waals surface area contributed by atoms with Gasteiger partial charge < -0.3 is 10.5 Å². The number of ether oxygens (including phenoxy) is 1. The van der Waals surface area contributed by atoms with Gasteiger partial charge in [-0.3, -0.25) is 0 Å². The van der Waals surface area contributed by atoms with Gasteiger partial charge in [0, 0.05) is 0 Å². The van der Waals surface area contributed by atoms with Gasteiger partial charge in [0.15, 0.2) is 17.4 Å². The number of nitrogens with two attached hydrogens (primary N) is 1. The zero-order chi connectivity index (χ0) is 12.1. The zero-order valence-corrected chi connectivity index (χ0v) is 9.22. The number of benzene rings is 1. The van der Waals surface area contributed by atoms with Crippen LogP contribution in [0.2, 0.25) is 0 Å². The molecular formula is C12H15F2NO. The lowest BCUT2D eigenvalue weighted by atomic mass is 10.1. The average Bonchev–Trinajstić information content (AvgIpc) is 2.16. The summed E-state index contributed by atoms with van der Waals surface area (Å²) in [5, 5.41) is 0. The maximum Gasteiger partial charge on any atom is 0.191 e. The first kappa shape index (κ1) is 12.6. The van der Waals surface area contributed by atoms with Gasteiger partial charge in [0.1, 0.15) is 6.61 Å². The fourth-order valence-electron chi connectivity index (χ4n) is 1.26. The third-order valence-corrected chi connectivity index (χ3v) is 1.95. The van der Waals surface area contributed by atoms with Crippen LogP contribution in [0.1, 0.15) is 12.5 Å². The van der Waals surface area contributed by atoms with Crippen LogP contribution in [0.4, 0.5) is 8.78 Å². The van der Waals surface area contributed by atoms with Crippen LogP contribution in [-0.2, 0) is 6.42 Å². The van der Waals surface area contributed by atoms with Crippen molar-refractivity contribution in [2.24, 2.45) is 5.73 Å². The maximum atomic E-state index is 13.4. The molecular weight excluding hydrogens is 212 g/mol. The second-order valence-electron chi connectivity index (χ2n) is 3.67. The van der Waals surface area contributed by atoms with Crippen molar-refractivity contribution in [3.63, 3.8) is 0 Å². The summed E-state index contributed by atoms with van der Waals surface area (Å²) in [6, 6.07) is 2.48. The SMILES string of the molecule is C=C(C)COc1c(F)cc(CCN)cc1F. The predicted octanol–water partition coefficient (Wildman–Crippen LogP) is 2.42. The van der Waals surface area contributed by atoms with Crippen LogP contribution < -0.4 is 10.5 Å². The van der Waals surface area contributed by atoms with Crippen LogP contribution in [0.3, 0.4) is 0 Å². The van der Waals surface area contributed by atoms with E-state index in [1.54, 1.807) is 6.92 Å². The molecule has 2 nitrogen and oxygen atoms in total. The molecule has 1 rings (SSSR count). The van der Waals surface area contributed by atoms with Crippen LogP contribution in [0.5, 0.6) is 5.75 Å². The van der Waals surface area contributed by atoms with E-state index in [1.807, 2.05) is 0 Å². The van der Waals surface area contributed by atoms with E-state index in [-0.39, 0.29) is 12.4 Å². The molecule has 0 aliphatic carbocycles. The van der Waals surface area contributed by atoms with Gasteiger partial charge in [-0.05, 0) is 43.2 Å². The molecule has 0 aliphatic rings. The van der Waals surface area contributed by atoms with Crippen molar-refractivity contribution in [1.82, 2.24) is 0 Å². The van der Waals surface area contributed by atoms with Crippen molar-refractivity contribution in [3.8, 4) is 5.75 Å². The molecule has 0 heterocycles. The Bertz CT molecular complexity index is 368. The quantitative estimate of drug-likeness (QED) is 0.784. The molecule has 0 spiro atoms. The first-order valence-electron chi connectivity index (χ1n) is 4.99. The molecule has 88 valence electrons. The molecule has 1 aromatic carbocycles. The van der Waals surface area contributed by atoms with Crippen molar-refractivity contribution in [1.29, 1.82) is 0 Å². The Morgan fingerprint density at radius 2 is 1.94 bits per heavy atom. The largest absolute Gasteiger partial charge is 0.483 e. The first-order chi connectivity index (χ1) is 7.54. The zero-order valence-electron chi connectivity index (χ0n) is 9.22. The summed E-state index contributed by atoms with van der Waals surface area (Å²) in [6.07, 6.45) is 0.439. The van der Waals surface area contributed by atoms with E-state index >= 15 is 0 Å². The Balaban J connectivity index is 2.89. The molecule has 0 fully saturated rings. The van der Waals surface area contributed by atoms with Crippen molar-refractivity contribution >= 4 is 0 Å². The van der Waals surface area contributed by atoms with Gasteiger partial charge in [-0.25, -0.2) is 8.78 Å². The fraction of sp³-hybridized carbons (Fsp3) is 0.333. The van der Waals surface area contributed by atoms with Crippen molar-refractivity contribution < 1.29 is 13.5 Å². The second kappa shape index (κ2) is 5.61. The van der Waals surface area contributed by atoms with Gasteiger partial charge in [0.05, 0.1) is 0 Å². The minimum absolute atomic E-state index is 0.101. The summed E-state index contributed by atoms with van der Waals surface area (Å²) in [5.74, 6) is -1.77. The standard InChI is InChI=1S/C12H15F2NO/c1-8(2)7-16-12-10(13)5-9(3-4-15)6-11(12)14/h5-6H,1,3-4,7,15H2,2H3. The Labute approximate surface area is 93.7 Å². The highest BCUT2D eigenvalue weighted by molar-refractivity contribution is 5.31. The van der Waals surface area contributed by atoms with Crippen LogP contribution in [0.25, 0.3) is 0 Å². The molecule has 0 saturated carbocycles. The van der Waals surface area contributed by atoms with E-state index in [0.29, 0.717) is 24.1 Å². The van der Waals surface area contributed by atoms with Crippen molar-refractivity contribution in [2.45, 2.75) is 13.3 Å². The van der Waals surface area contributed by atoms with Crippen LogP contribution in [0.15, 0.2) is 24.3 Å². The maximum absolute atomic E-state index is 13.4. The molecule has 0 radical (unpaired) electrons. The lowest BCUT2D eigenvalue weighted by Gasteiger charge is -2.09. The third-order valence-electron chi connectivity index (χ3n) is 1.95. The Morgan fingerprint density at radius 3 is 2.38 bits per heavy atom. The van der Waals surface area contributed by atoms with Gasteiger partial charge in [-0.2, -0.15) is 0 Å². The Morgan fingerprint density at radius 1 is 1.38 bits per heavy atom. The van der Waals surface area contributed by atoms with Gasteiger partial charge in [-0.1, -0.05) is 6.58 Å². The summed E-state index contributed by atoms with van der Waals surface area (Å²) < 4.78 is 31.9. The van der Waals surface area contributed by atoms with E-state index in [1.165, 1.54) is 12.1 Å². The van der Waals surface area contributed by atoms with E-state index in [9.17, 15) is 8.78 Å². The number of rotatable bonds is 5. The van der Waals surface area contributed by atoms with E-state index in [0.717, 1.165) is 0 Å². The summed E-state index contributed by atoms with van der Waals surface area (Å²) in [7, 11) is 0. The molecule has 0 amide bonds. The minimum atomic E-state index is -0.704. The molecule has 0 aromatic heterocycles. The smallest absolute Gasteiger partial charge is 0.191 e. The summed E-state index contributed by atoms with van der Waals surface area (Å²) in [6.45, 7) is 5.76. The number of hydrogen-bond donors (Lipinski definition) is 1. The van der Waals surface area contributed by atoms with Crippen molar-refractivity contribution in [2.75, 3.05) is 13.2 Å². The topological polar surface area (TPSA) is 35.2 Å². The van der Waals surface area contributed by atoms with E-state index < -0.39 is 11.6 Å². The summed E-state index contributed by atoms with van der Waals surface area (Å²) >= 11 is 0. The minimum Gasteiger partial charge on any atom is -0.483 e. The molecule has 16 heavy (non-hydrogen) atoms. The van der Waals surface area contributed by atoms with Gasteiger partial charge in [0.25, 0.3) is 0 Å². The van der Waals surface area contributed by atoms with Crippen molar-refractivity contribution in [3.05, 3.63) is 41.5 Å². The molecule has 2 N–H and O–H groups in total. The highest BCUT2D eigenvalue weighted by atomic mass is 19.1. The lowest BCUT2D eigenvalue weighted by molar-refractivity contribution is 0.312. The molecule has 0 atom stereocenters. The summed E-state index contributed by atoms with van der Waals surface area (Å²) in [5.41, 5.74) is 6.54. The van der Waals surface area contributed by atoms with E-state index in [4.69, 9.17) is 10.5 Å². The molecule has 1 aromatic rings. The first-order valence-corrected chi connectivity index (χ1v) is 4.99. The molecule has 0 unspecified atom stereocenters. The predicted molar refractivity (Wildman–Crippen MR) is 59.4 cm³/mol. The van der Waals surface area contributed by atoms with Crippen LogP contribution in [0, 0.1) is 11.6 Å². The normalized spacial score (nSPS) is 10.2. The van der Waals surface area contributed by atoms with Gasteiger partial charge >= 0.3 is 0 Å². The van der Waals surface area contributed by atoms with Gasteiger partial charge in [0.2, 0.25) is 0 Å². The molecule has 0 aliphatic heterocycles. The molecule has 0 bridgehead atoms. The van der Waals surface area contributed by atoms with E-state index in [2.05, 4.69) is 6.58 Å². The summed E-state index contributed by atoms with van der Waals surface area (Å²) in [4.78, 5) is 0. The van der Waals surface area contributed by atoms with Gasteiger partial charge in [-0.15, -0.1) is 0 Å². The van der Waals surface area contributed by atoms with Crippen LogP contribution >= 0.6 is 0 Å². The molecule has 4 heteroatoms. The fourth-order valence-corrected chi connectivity index (χ4v) is 1.26. The Kier molecular flexibility index (Phi) is 4.43. The second-order valence-corrected chi connectivity index (χ2v) is 3.67. The lowest BCUT2D eigenvalue weighted by Crippen LogP contribution is -2.06. The highest BCUT2D eigenvalue weighted by Gasteiger charge is 2.12. The third kappa shape index (κ3) is 3.31. The average molecular weight is 227 g/mol.